The largest absolute Gasteiger partial charge is 0.466 e. The van der Waals surface area contributed by atoms with Crippen molar-refractivity contribution in [3.05, 3.63) is 0 Å². The van der Waals surface area contributed by atoms with Gasteiger partial charge in [0.25, 0.3) is 12.4 Å². The lowest BCUT2D eigenvalue weighted by atomic mass is 10.0. The average molecular weight is 825 g/mol. The van der Waals surface area contributed by atoms with E-state index in [1.807, 2.05) is 0 Å². The molecule has 1 atom stereocenters. The molecular formula is C50H100N2O6. The van der Waals surface area contributed by atoms with Crippen molar-refractivity contribution in [1.82, 2.24) is 10.2 Å². The number of ether oxygens (including phenoxy) is 3. The van der Waals surface area contributed by atoms with Crippen LogP contribution in [-0.4, -0.2) is 74.8 Å². The van der Waals surface area contributed by atoms with Crippen molar-refractivity contribution < 1.29 is 28.6 Å². The highest BCUT2D eigenvalue weighted by Crippen LogP contribution is 2.16. The first kappa shape index (κ1) is 58.4. The van der Waals surface area contributed by atoms with Crippen LogP contribution in [0.3, 0.4) is 0 Å². The second kappa shape index (κ2) is 46.4. The van der Waals surface area contributed by atoms with Gasteiger partial charge < -0.3 is 24.4 Å². The third-order valence-corrected chi connectivity index (χ3v) is 11.4. The molecule has 0 saturated carbocycles. The van der Waals surface area contributed by atoms with E-state index < -0.39 is 5.60 Å². The van der Waals surface area contributed by atoms with Gasteiger partial charge in [0.05, 0.1) is 6.61 Å². The SMILES string of the molecule is CCCCCCCCC(CCCCCCC)OC=O.CCCCCCCCCOC(=O)CCCCCCCN(CCCCCCCC)CCCNC(=O)C(C)(C)OC. The molecule has 0 aromatic carbocycles. The molecular weight excluding hydrogens is 725 g/mol. The molecule has 58 heavy (non-hydrogen) atoms. The van der Waals surface area contributed by atoms with Crippen molar-refractivity contribution in [3.63, 3.8) is 0 Å². The third kappa shape index (κ3) is 42.5. The van der Waals surface area contributed by atoms with Gasteiger partial charge >= 0.3 is 5.97 Å². The van der Waals surface area contributed by atoms with E-state index in [-0.39, 0.29) is 18.0 Å². The zero-order chi connectivity index (χ0) is 43.2. The van der Waals surface area contributed by atoms with Crippen LogP contribution in [0.2, 0.25) is 0 Å². The van der Waals surface area contributed by atoms with Crippen LogP contribution in [0.15, 0.2) is 0 Å². The van der Waals surface area contributed by atoms with Crippen molar-refractivity contribution in [2.45, 2.75) is 265 Å². The van der Waals surface area contributed by atoms with Gasteiger partial charge in [0.15, 0.2) is 0 Å². The molecule has 8 heteroatoms. The van der Waals surface area contributed by atoms with E-state index in [2.05, 4.69) is 37.9 Å². The van der Waals surface area contributed by atoms with Gasteiger partial charge in [0, 0.05) is 20.1 Å². The molecule has 0 aromatic heterocycles. The van der Waals surface area contributed by atoms with Gasteiger partial charge in [0.1, 0.15) is 11.7 Å². The fourth-order valence-electron chi connectivity index (χ4n) is 7.20. The first-order chi connectivity index (χ1) is 28.2. The number of amides is 1. The number of hydrogen-bond donors (Lipinski definition) is 1. The number of nitrogens with one attached hydrogen (secondary N) is 1. The molecule has 0 saturated heterocycles. The van der Waals surface area contributed by atoms with Crippen molar-refractivity contribution in [3.8, 4) is 0 Å². The van der Waals surface area contributed by atoms with Gasteiger partial charge in [-0.05, 0) is 91.3 Å². The molecule has 0 aliphatic rings. The van der Waals surface area contributed by atoms with E-state index in [0.29, 0.717) is 26.0 Å². The Morgan fingerprint density at radius 1 is 0.552 bits per heavy atom. The van der Waals surface area contributed by atoms with E-state index in [1.165, 1.54) is 167 Å². The predicted molar refractivity (Wildman–Crippen MR) is 247 cm³/mol. The van der Waals surface area contributed by atoms with Crippen LogP contribution in [0.5, 0.6) is 0 Å². The Kier molecular flexibility index (Phi) is 46.7. The van der Waals surface area contributed by atoms with Crippen LogP contribution >= 0.6 is 0 Å². The fraction of sp³-hybridized carbons (Fsp3) is 0.940. The number of rotatable bonds is 44. The monoisotopic (exact) mass is 825 g/mol. The predicted octanol–water partition coefficient (Wildman–Crippen LogP) is 13.9. The Hall–Kier alpha value is -1.67. The van der Waals surface area contributed by atoms with E-state index >= 15 is 0 Å². The number of esters is 1. The number of carbonyl (C=O) groups excluding carboxylic acids is 3. The molecule has 0 radical (unpaired) electrons. The quantitative estimate of drug-likeness (QED) is 0.0371. The lowest BCUT2D eigenvalue weighted by Crippen LogP contribution is -2.44. The maximum atomic E-state index is 12.2. The zero-order valence-corrected chi connectivity index (χ0v) is 39.9. The average Bonchev–Trinajstić information content (AvgIpc) is 3.22. The Morgan fingerprint density at radius 3 is 1.40 bits per heavy atom. The minimum Gasteiger partial charge on any atom is -0.466 e. The molecule has 0 aromatic rings. The minimum absolute atomic E-state index is 0.0212. The highest BCUT2D eigenvalue weighted by atomic mass is 16.5. The molecule has 0 bridgehead atoms. The maximum Gasteiger partial charge on any atom is 0.305 e. The lowest BCUT2D eigenvalue weighted by molar-refractivity contribution is -0.144. The Bertz CT molecular complexity index is 869. The molecule has 0 aliphatic carbocycles. The normalized spacial score (nSPS) is 11.9. The van der Waals surface area contributed by atoms with E-state index in [1.54, 1.807) is 21.0 Å². The number of carbonyl (C=O) groups is 3. The second-order valence-corrected chi connectivity index (χ2v) is 17.4. The summed E-state index contributed by atoms with van der Waals surface area (Å²) in [4.78, 5) is 37.3. The van der Waals surface area contributed by atoms with Crippen molar-refractivity contribution in [1.29, 1.82) is 0 Å². The van der Waals surface area contributed by atoms with Gasteiger partial charge in [-0.3, -0.25) is 14.4 Å². The van der Waals surface area contributed by atoms with Crippen LogP contribution in [0.4, 0.5) is 0 Å². The third-order valence-electron chi connectivity index (χ3n) is 11.4. The zero-order valence-electron chi connectivity index (χ0n) is 39.9. The van der Waals surface area contributed by atoms with Crippen LogP contribution < -0.4 is 5.32 Å². The van der Waals surface area contributed by atoms with Crippen LogP contribution in [0, 0.1) is 0 Å². The molecule has 1 amide bonds. The molecule has 0 aliphatic heterocycles. The van der Waals surface area contributed by atoms with Crippen molar-refractivity contribution in [2.75, 3.05) is 39.9 Å². The summed E-state index contributed by atoms with van der Waals surface area (Å²) in [5.74, 6) is -0.0683. The number of unbranched alkanes of at least 4 members (excludes halogenated alkanes) is 24. The molecule has 0 fully saturated rings. The van der Waals surface area contributed by atoms with Crippen LogP contribution in [-0.2, 0) is 28.6 Å². The molecule has 0 heterocycles. The molecule has 346 valence electrons. The summed E-state index contributed by atoms with van der Waals surface area (Å²) in [6, 6.07) is 0. The van der Waals surface area contributed by atoms with Crippen LogP contribution in [0.1, 0.15) is 253 Å². The summed E-state index contributed by atoms with van der Waals surface area (Å²) in [5.41, 5.74) is -0.775. The first-order valence-corrected chi connectivity index (χ1v) is 25.0. The maximum absolute atomic E-state index is 12.2. The standard InChI is InChI=1S/C33H66N2O4.C17H34O2/c1-6-8-10-12-14-19-23-30-39-31(36)25-20-16-15-18-22-28-35(27-21-17-13-11-9-7-2)29-24-26-34-32(37)33(3,4)38-5;1-3-5-7-9-11-13-15-17(19-16-18)14-12-10-8-6-4-2/h6-30H2,1-5H3,(H,34,37);16-17H,3-15H2,1-2H3. The highest BCUT2D eigenvalue weighted by Gasteiger charge is 2.26. The molecule has 1 N–H and O–H groups in total. The van der Waals surface area contributed by atoms with Crippen LogP contribution in [0.25, 0.3) is 0 Å². The molecule has 1 unspecified atom stereocenters. The van der Waals surface area contributed by atoms with Gasteiger partial charge in [-0.25, -0.2) is 0 Å². The Morgan fingerprint density at radius 2 is 0.948 bits per heavy atom. The summed E-state index contributed by atoms with van der Waals surface area (Å²) < 4.78 is 15.9. The Balaban J connectivity index is 0. The highest BCUT2D eigenvalue weighted by molar-refractivity contribution is 5.84. The van der Waals surface area contributed by atoms with E-state index in [0.717, 1.165) is 58.2 Å². The summed E-state index contributed by atoms with van der Waals surface area (Å²) in [5, 5.41) is 3.02. The summed E-state index contributed by atoms with van der Waals surface area (Å²) in [7, 11) is 1.57. The smallest absolute Gasteiger partial charge is 0.305 e. The van der Waals surface area contributed by atoms with Gasteiger partial charge in [-0.1, -0.05) is 175 Å². The van der Waals surface area contributed by atoms with Gasteiger partial charge in [0.2, 0.25) is 0 Å². The number of nitrogens with zero attached hydrogens (tertiary/aromatic N) is 1. The second-order valence-electron chi connectivity index (χ2n) is 17.4. The summed E-state index contributed by atoms with van der Waals surface area (Å²) >= 11 is 0. The Labute approximate surface area is 361 Å². The lowest BCUT2D eigenvalue weighted by Gasteiger charge is -2.24. The van der Waals surface area contributed by atoms with Crippen molar-refractivity contribution in [2.24, 2.45) is 0 Å². The van der Waals surface area contributed by atoms with E-state index in [9.17, 15) is 14.4 Å². The number of hydrogen-bond acceptors (Lipinski definition) is 7. The first-order valence-electron chi connectivity index (χ1n) is 25.0. The fourth-order valence-corrected chi connectivity index (χ4v) is 7.20. The molecule has 0 spiro atoms. The summed E-state index contributed by atoms with van der Waals surface area (Å²) in [6.45, 7) is 17.8. The van der Waals surface area contributed by atoms with Gasteiger partial charge in [-0.2, -0.15) is 0 Å². The van der Waals surface area contributed by atoms with Gasteiger partial charge in [-0.15, -0.1) is 0 Å². The van der Waals surface area contributed by atoms with E-state index in [4.69, 9.17) is 14.2 Å². The molecule has 8 nitrogen and oxygen atoms in total. The minimum atomic E-state index is -0.775. The number of methoxy groups -OCH3 is 1. The summed E-state index contributed by atoms with van der Waals surface area (Å²) in [6.07, 6.45) is 40.3. The van der Waals surface area contributed by atoms with Crippen molar-refractivity contribution >= 4 is 18.3 Å². The topological polar surface area (TPSA) is 94.2 Å². The molecule has 0 rings (SSSR count).